The number of methoxy groups -OCH3 is 1. The minimum Gasteiger partial charge on any atom is -0.507 e. The average molecular weight is 418 g/mol. The molecule has 1 aliphatic rings. The molecule has 1 fully saturated rings. The van der Waals surface area contributed by atoms with Crippen molar-refractivity contribution in [1.29, 1.82) is 0 Å². The summed E-state index contributed by atoms with van der Waals surface area (Å²) in [5, 5.41) is 12.2. The van der Waals surface area contributed by atoms with Crippen LogP contribution >= 0.6 is 0 Å². The molecule has 0 saturated carbocycles. The first-order valence-corrected chi connectivity index (χ1v) is 10.5. The van der Waals surface area contributed by atoms with E-state index < -0.39 is 17.7 Å². The third-order valence-electron chi connectivity index (χ3n) is 5.87. The van der Waals surface area contributed by atoms with Crippen LogP contribution in [0.4, 0.5) is 0 Å². The zero-order valence-electron chi connectivity index (χ0n) is 17.9. The van der Waals surface area contributed by atoms with Crippen molar-refractivity contribution in [3.8, 4) is 5.75 Å². The second kappa shape index (κ2) is 8.30. The minimum atomic E-state index is -0.674. The minimum absolute atomic E-state index is 0.0958. The number of ether oxygens (including phenoxy) is 1. The molecule has 31 heavy (non-hydrogen) atoms. The molecule has 6 nitrogen and oxygen atoms in total. The first-order valence-electron chi connectivity index (χ1n) is 10.5. The summed E-state index contributed by atoms with van der Waals surface area (Å²) in [5.41, 5.74) is 3.11. The smallest absolute Gasteiger partial charge is 0.295 e. The zero-order chi connectivity index (χ0) is 22.1. The number of nitrogens with zero attached hydrogens (tertiary/aromatic N) is 1. The molecule has 1 atom stereocenters. The Hall–Kier alpha value is -3.54. The van der Waals surface area contributed by atoms with Gasteiger partial charge in [-0.2, -0.15) is 0 Å². The first-order chi connectivity index (χ1) is 15.0. The van der Waals surface area contributed by atoms with Crippen LogP contribution in [0, 0.1) is 6.92 Å². The summed E-state index contributed by atoms with van der Waals surface area (Å²) in [7, 11) is 1.51. The number of aryl methyl sites for hydroxylation is 1. The SMILES string of the molecule is CCCCN1C(=O)C(=O)/C(=C(/O)c2ccccc2OC)C1c1c(C)[nH]c2ccccc12. The van der Waals surface area contributed by atoms with Gasteiger partial charge < -0.3 is 19.7 Å². The number of unbranched alkanes of at least 4 members (excludes halogenated alkanes) is 1. The van der Waals surface area contributed by atoms with Gasteiger partial charge in [-0.25, -0.2) is 0 Å². The van der Waals surface area contributed by atoms with Gasteiger partial charge in [0.1, 0.15) is 11.5 Å². The van der Waals surface area contributed by atoms with Crippen LogP contribution in [0.15, 0.2) is 54.1 Å². The summed E-state index contributed by atoms with van der Waals surface area (Å²) >= 11 is 0. The average Bonchev–Trinajstić information content (AvgIpc) is 3.24. The molecule has 160 valence electrons. The van der Waals surface area contributed by atoms with Crippen LogP contribution in [0.5, 0.6) is 5.75 Å². The van der Waals surface area contributed by atoms with Gasteiger partial charge in [-0.3, -0.25) is 9.59 Å². The molecule has 1 amide bonds. The number of ketones is 1. The van der Waals surface area contributed by atoms with E-state index in [1.54, 1.807) is 29.2 Å². The molecule has 2 aromatic carbocycles. The number of hydrogen-bond acceptors (Lipinski definition) is 4. The Kier molecular flexibility index (Phi) is 5.55. The Balaban J connectivity index is 1.99. The van der Waals surface area contributed by atoms with E-state index in [9.17, 15) is 14.7 Å². The van der Waals surface area contributed by atoms with E-state index in [0.29, 0.717) is 17.9 Å². The molecule has 1 saturated heterocycles. The number of carbonyl (C=O) groups is 2. The summed E-state index contributed by atoms with van der Waals surface area (Å²) in [4.78, 5) is 31.2. The Bertz CT molecular complexity index is 1190. The van der Waals surface area contributed by atoms with Gasteiger partial charge in [0.15, 0.2) is 0 Å². The highest BCUT2D eigenvalue weighted by Gasteiger charge is 2.47. The standard InChI is InChI=1S/C25H26N2O4/c1-4-5-14-27-22(20-15(2)26-18-12-8-6-10-16(18)20)21(24(29)25(27)30)23(28)17-11-7-9-13-19(17)31-3/h6-13,22,26,28H,4-5,14H2,1-3H3/b23-21+. The van der Waals surface area contributed by atoms with Gasteiger partial charge in [0.2, 0.25) is 0 Å². The summed E-state index contributed by atoms with van der Waals surface area (Å²) in [5.74, 6) is -1.03. The summed E-state index contributed by atoms with van der Waals surface area (Å²) in [6.45, 7) is 4.41. The fourth-order valence-electron chi connectivity index (χ4n) is 4.38. The molecule has 1 unspecified atom stereocenters. The largest absolute Gasteiger partial charge is 0.507 e. The van der Waals surface area contributed by atoms with Crippen molar-refractivity contribution in [3.05, 3.63) is 70.9 Å². The number of hydrogen-bond donors (Lipinski definition) is 2. The molecule has 2 N–H and O–H groups in total. The number of benzene rings is 2. The van der Waals surface area contributed by atoms with Crippen molar-refractivity contribution in [2.75, 3.05) is 13.7 Å². The van der Waals surface area contributed by atoms with E-state index in [2.05, 4.69) is 4.98 Å². The second-order valence-electron chi connectivity index (χ2n) is 7.76. The highest BCUT2D eigenvalue weighted by molar-refractivity contribution is 6.46. The van der Waals surface area contributed by atoms with Gasteiger partial charge in [0, 0.05) is 28.7 Å². The lowest BCUT2D eigenvalue weighted by Crippen LogP contribution is -2.30. The van der Waals surface area contributed by atoms with Crippen molar-refractivity contribution in [2.45, 2.75) is 32.7 Å². The van der Waals surface area contributed by atoms with E-state index in [1.807, 2.05) is 38.1 Å². The maximum atomic E-state index is 13.2. The Morgan fingerprint density at radius 3 is 2.58 bits per heavy atom. The molecular formula is C25H26N2O4. The van der Waals surface area contributed by atoms with Crippen LogP contribution in [-0.2, 0) is 9.59 Å². The van der Waals surface area contributed by atoms with Gasteiger partial charge in [-0.1, -0.05) is 43.7 Å². The van der Waals surface area contributed by atoms with Crippen LogP contribution in [0.2, 0.25) is 0 Å². The number of para-hydroxylation sites is 2. The van der Waals surface area contributed by atoms with Crippen LogP contribution < -0.4 is 4.74 Å². The molecule has 0 aliphatic carbocycles. The molecule has 1 aromatic heterocycles. The van der Waals surface area contributed by atoms with Crippen molar-refractivity contribution >= 4 is 28.4 Å². The maximum absolute atomic E-state index is 13.2. The monoisotopic (exact) mass is 418 g/mol. The summed E-state index contributed by atoms with van der Waals surface area (Å²) < 4.78 is 5.39. The number of Topliss-reactive ketones (excluding diaryl/α,β-unsaturated/α-hetero) is 1. The molecule has 2 heterocycles. The van der Waals surface area contributed by atoms with Gasteiger partial charge >= 0.3 is 0 Å². The van der Waals surface area contributed by atoms with E-state index in [4.69, 9.17) is 4.74 Å². The highest BCUT2D eigenvalue weighted by atomic mass is 16.5. The lowest BCUT2D eigenvalue weighted by atomic mass is 9.93. The predicted molar refractivity (Wildman–Crippen MR) is 120 cm³/mol. The first kappa shape index (κ1) is 20.7. The zero-order valence-corrected chi connectivity index (χ0v) is 17.9. The fraction of sp³-hybridized carbons (Fsp3) is 0.280. The lowest BCUT2D eigenvalue weighted by Gasteiger charge is -2.25. The number of aliphatic hydroxyl groups excluding tert-OH is 1. The molecule has 6 heteroatoms. The van der Waals surface area contributed by atoms with E-state index in [1.165, 1.54) is 7.11 Å². The highest BCUT2D eigenvalue weighted by Crippen LogP contribution is 2.44. The lowest BCUT2D eigenvalue weighted by molar-refractivity contribution is -0.139. The molecular weight excluding hydrogens is 392 g/mol. The van der Waals surface area contributed by atoms with Crippen molar-refractivity contribution in [3.63, 3.8) is 0 Å². The number of nitrogens with one attached hydrogen (secondary N) is 1. The number of rotatable bonds is 6. The Morgan fingerprint density at radius 1 is 1.13 bits per heavy atom. The number of amides is 1. The molecule has 0 bridgehead atoms. The fourth-order valence-corrected chi connectivity index (χ4v) is 4.38. The van der Waals surface area contributed by atoms with Crippen LogP contribution in [-0.4, -0.2) is 40.3 Å². The number of carbonyl (C=O) groups excluding carboxylic acids is 2. The molecule has 3 aromatic rings. The second-order valence-corrected chi connectivity index (χ2v) is 7.76. The summed E-state index contributed by atoms with van der Waals surface area (Å²) in [6, 6.07) is 14.1. The van der Waals surface area contributed by atoms with Crippen molar-refractivity contribution < 1.29 is 19.4 Å². The molecule has 4 rings (SSSR count). The predicted octanol–water partition coefficient (Wildman–Crippen LogP) is 4.71. The van der Waals surface area contributed by atoms with Gasteiger partial charge in [-0.05, 0) is 31.5 Å². The van der Waals surface area contributed by atoms with E-state index >= 15 is 0 Å². The number of likely N-dealkylation sites (tertiary alicyclic amines) is 1. The molecule has 0 spiro atoms. The number of H-pyrrole nitrogens is 1. The van der Waals surface area contributed by atoms with Crippen LogP contribution in [0.1, 0.15) is 42.6 Å². The number of aromatic amines is 1. The third-order valence-corrected chi connectivity index (χ3v) is 5.87. The Morgan fingerprint density at radius 2 is 1.84 bits per heavy atom. The van der Waals surface area contributed by atoms with Crippen LogP contribution in [0.25, 0.3) is 16.7 Å². The third kappa shape index (κ3) is 3.38. The van der Waals surface area contributed by atoms with E-state index in [0.717, 1.165) is 35.0 Å². The number of aromatic nitrogens is 1. The quantitative estimate of drug-likeness (QED) is 0.345. The van der Waals surface area contributed by atoms with Gasteiger partial charge in [-0.15, -0.1) is 0 Å². The van der Waals surface area contributed by atoms with E-state index in [-0.39, 0.29) is 11.3 Å². The maximum Gasteiger partial charge on any atom is 0.295 e. The van der Waals surface area contributed by atoms with Gasteiger partial charge in [0.25, 0.3) is 11.7 Å². The van der Waals surface area contributed by atoms with Crippen molar-refractivity contribution in [1.82, 2.24) is 9.88 Å². The number of fused-ring (bicyclic) bond motifs is 1. The summed E-state index contributed by atoms with van der Waals surface area (Å²) in [6.07, 6.45) is 1.65. The topological polar surface area (TPSA) is 82.6 Å². The van der Waals surface area contributed by atoms with Crippen LogP contribution in [0.3, 0.4) is 0 Å². The molecule has 1 aliphatic heterocycles. The number of aliphatic hydroxyl groups is 1. The van der Waals surface area contributed by atoms with Gasteiger partial charge in [0.05, 0.1) is 24.3 Å². The Labute approximate surface area is 181 Å². The molecule has 0 radical (unpaired) electrons. The van der Waals surface area contributed by atoms with Crippen molar-refractivity contribution in [2.24, 2.45) is 0 Å². The normalized spacial score (nSPS) is 18.2.